The number of nitrogens with two attached hydrogens (primary N) is 1. The van der Waals surface area contributed by atoms with Crippen molar-refractivity contribution in [1.29, 1.82) is 0 Å². The molecule has 2 aliphatic rings. The van der Waals surface area contributed by atoms with E-state index in [1.54, 1.807) is 0 Å². The van der Waals surface area contributed by atoms with Crippen LogP contribution < -0.4 is 5.73 Å². The summed E-state index contributed by atoms with van der Waals surface area (Å²) >= 11 is 0. The molecular weight excluding hydrogens is 129 g/mol. The fraction of sp³-hybridized carbons (Fsp3) is 1.00. The molecule has 0 aromatic rings. The predicted molar refractivity (Wildman–Crippen MR) is 39.2 cm³/mol. The van der Waals surface area contributed by atoms with E-state index in [1.165, 1.54) is 0 Å². The van der Waals surface area contributed by atoms with Crippen molar-refractivity contribution in [3.8, 4) is 0 Å². The lowest BCUT2D eigenvalue weighted by Crippen LogP contribution is -2.64. The summed E-state index contributed by atoms with van der Waals surface area (Å²) in [6.45, 7) is 2.73. The van der Waals surface area contributed by atoms with E-state index >= 15 is 0 Å². The van der Waals surface area contributed by atoms with Gasteiger partial charge >= 0.3 is 0 Å². The molecule has 0 unspecified atom stereocenters. The minimum atomic E-state index is -0.459. The molecule has 0 aliphatic carbocycles. The molecule has 4 atom stereocenters. The van der Waals surface area contributed by atoms with Crippen LogP contribution in [0.15, 0.2) is 0 Å². The Morgan fingerprint density at radius 2 is 2.40 bits per heavy atom. The van der Waals surface area contributed by atoms with Crippen LogP contribution in [0.1, 0.15) is 6.92 Å². The summed E-state index contributed by atoms with van der Waals surface area (Å²) in [7, 11) is 2.05. The maximum Gasteiger partial charge on any atom is 0.149 e. The third kappa shape index (κ3) is 0.569. The van der Waals surface area contributed by atoms with E-state index in [2.05, 4.69) is 7.85 Å². The summed E-state index contributed by atoms with van der Waals surface area (Å²) in [6.07, 6.45) is 0.0567. The third-order valence-electron chi connectivity index (χ3n) is 2.71. The van der Waals surface area contributed by atoms with Crippen molar-refractivity contribution >= 4 is 7.85 Å². The molecule has 0 spiro atoms. The first-order valence-electron chi connectivity index (χ1n) is 3.73. The number of rotatable bonds is 0. The maximum atomic E-state index is 5.89. The molecule has 0 aromatic carbocycles. The van der Waals surface area contributed by atoms with Crippen molar-refractivity contribution in [3.63, 3.8) is 0 Å². The van der Waals surface area contributed by atoms with Gasteiger partial charge in [0, 0.05) is 11.9 Å². The van der Waals surface area contributed by atoms with Crippen LogP contribution in [0.5, 0.6) is 0 Å². The van der Waals surface area contributed by atoms with Crippen molar-refractivity contribution < 1.29 is 9.47 Å². The topological polar surface area (TPSA) is 44.5 Å². The molecule has 2 saturated heterocycles. The fourth-order valence-corrected chi connectivity index (χ4v) is 1.82. The average Bonchev–Trinajstić information content (AvgIpc) is 1.92. The van der Waals surface area contributed by atoms with Gasteiger partial charge < -0.3 is 15.2 Å². The normalized spacial score (nSPS) is 59.6. The zero-order chi connectivity index (χ0) is 7.35. The van der Waals surface area contributed by atoms with Crippen molar-refractivity contribution in [3.05, 3.63) is 0 Å². The van der Waals surface area contributed by atoms with Crippen LogP contribution in [0.25, 0.3) is 0 Å². The van der Waals surface area contributed by atoms with Crippen LogP contribution in [-0.4, -0.2) is 32.3 Å². The first kappa shape index (κ1) is 6.64. The molecule has 0 radical (unpaired) electrons. The average molecular weight is 141 g/mol. The van der Waals surface area contributed by atoms with Crippen molar-refractivity contribution in [2.24, 2.45) is 11.7 Å². The number of fused-ring (bicyclic) bond motifs is 1. The van der Waals surface area contributed by atoms with E-state index in [9.17, 15) is 0 Å². The van der Waals surface area contributed by atoms with E-state index in [0.717, 1.165) is 6.61 Å². The van der Waals surface area contributed by atoms with Gasteiger partial charge in [-0.1, -0.05) is 0 Å². The second-order valence-electron chi connectivity index (χ2n) is 3.25. The van der Waals surface area contributed by atoms with Crippen molar-refractivity contribution in [1.82, 2.24) is 0 Å². The lowest BCUT2D eigenvalue weighted by Gasteiger charge is -2.43. The molecule has 4 heteroatoms. The molecule has 0 saturated carbocycles. The van der Waals surface area contributed by atoms with Crippen LogP contribution in [0.2, 0.25) is 0 Å². The monoisotopic (exact) mass is 141 g/mol. The second-order valence-corrected chi connectivity index (χ2v) is 3.25. The molecule has 2 fully saturated rings. The highest BCUT2D eigenvalue weighted by Crippen LogP contribution is 2.41. The van der Waals surface area contributed by atoms with Crippen molar-refractivity contribution in [2.45, 2.75) is 24.8 Å². The van der Waals surface area contributed by atoms with Crippen LogP contribution in [0.3, 0.4) is 0 Å². The lowest BCUT2D eigenvalue weighted by molar-refractivity contribution is -0.192. The Balaban J connectivity index is 2.20. The molecule has 0 amide bonds. The zero-order valence-corrected chi connectivity index (χ0v) is 6.33. The number of ether oxygens (including phenoxy) is 2. The highest BCUT2D eigenvalue weighted by atomic mass is 16.6. The van der Waals surface area contributed by atoms with Crippen LogP contribution in [0, 0.1) is 5.92 Å². The van der Waals surface area contributed by atoms with E-state index in [4.69, 9.17) is 15.2 Å². The van der Waals surface area contributed by atoms with E-state index in [-0.39, 0.29) is 12.1 Å². The SMILES string of the molecule is B[C@@H]1O[C@@H](C)[C@]2(N)OC[C@@H]12. The fourth-order valence-electron chi connectivity index (χ4n) is 1.82. The molecule has 10 heavy (non-hydrogen) atoms. The third-order valence-corrected chi connectivity index (χ3v) is 2.71. The van der Waals surface area contributed by atoms with Crippen molar-refractivity contribution in [2.75, 3.05) is 6.61 Å². The number of hydrogen-bond acceptors (Lipinski definition) is 3. The Morgan fingerprint density at radius 1 is 1.70 bits per heavy atom. The highest BCUT2D eigenvalue weighted by Gasteiger charge is 2.58. The Bertz CT molecular complexity index is 166. The minimum absolute atomic E-state index is 0.0567. The largest absolute Gasteiger partial charge is 0.379 e. The van der Waals surface area contributed by atoms with Gasteiger partial charge in [-0.2, -0.15) is 0 Å². The Hall–Kier alpha value is -0.0551. The molecule has 0 aromatic heterocycles. The summed E-state index contributed by atoms with van der Waals surface area (Å²) in [4.78, 5) is 0. The molecule has 3 nitrogen and oxygen atoms in total. The summed E-state index contributed by atoms with van der Waals surface area (Å²) < 4.78 is 10.8. The van der Waals surface area contributed by atoms with Gasteiger partial charge in [0.25, 0.3) is 0 Å². The highest BCUT2D eigenvalue weighted by molar-refractivity contribution is 6.11. The second kappa shape index (κ2) is 1.75. The van der Waals surface area contributed by atoms with Gasteiger partial charge in [0.2, 0.25) is 0 Å². The molecule has 2 N–H and O–H groups in total. The maximum absolute atomic E-state index is 5.89. The van der Waals surface area contributed by atoms with Crippen LogP contribution >= 0.6 is 0 Å². The molecule has 2 aliphatic heterocycles. The van der Waals surface area contributed by atoms with Crippen LogP contribution in [0.4, 0.5) is 0 Å². The Kier molecular flexibility index (Phi) is 1.16. The van der Waals surface area contributed by atoms with Gasteiger partial charge in [0.1, 0.15) is 13.6 Å². The quantitative estimate of drug-likeness (QED) is 0.425. The van der Waals surface area contributed by atoms with E-state index < -0.39 is 5.72 Å². The zero-order valence-electron chi connectivity index (χ0n) is 6.33. The van der Waals surface area contributed by atoms with Gasteiger partial charge in [0.05, 0.1) is 12.7 Å². The summed E-state index contributed by atoms with van der Waals surface area (Å²) in [5, 5.41) is 0. The molecule has 2 heterocycles. The smallest absolute Gasteiger partial charge is 0.149 e. The number of hydrogen-bond donors (Lipinski definition) is 1. The van der Waals surface area contributed by atoms with Gasteiger partial charge in [-0.25, -0.2) is 0 Å². The summed E-state index contributed by atoms with van der Waals surface area (Å²) in [6, 6.07) is 0.272. The molecule has 56 valence electrons. The van der Waals surface area contributed by atoms with Gasteiger partial charge in [-0.15, -0.1) is 0 Å². The first-order chi connectivity index (χ1) is 4.64. The minimum Gasteiger partial charge on any atom is -0.379 e. The van der Waals surface area contributed by atoms with Gasteiger partial charge in [0.15, 0.2) is 0 Å². The van der Waals surface area contributed by atoms with Gasteiger partial charge in [-0.05, 0) is 6.92 Å². The summed E-state index contributed by atoms with van der Waals surface area (Å²) in [5.74, 6) is 0.419. The molecular formula is C6H12BNO2. The predicted octanol–water partition coefficient (Wildman–Crippen LogP) is -1.33. The van der Waals surface area contributed by atoms with E-state index in [0.29, 0.717) is 5.92 Å². The lowest BCUT2D eigenvalue weighted by atomic mass is 9.78. The van der Waals surface area contributed by atoms with E-state index in [1.807, 2.05) is 6.92 Å². The standard InChI is InChI=1S/C6H12BNO2/c1-3-6(8)4(2-9-6)5(7)10-3/h3-5H,2,7-8H2,1H3/t3-,4-,5+,6-/m0/s1. The van der Waals surface area contributed by atoms with Gasteiger partial charge in [-0.3, -0.25) is 0 Å². The van der Waals surface area contributed by atoms with Crippen LogP contribution in [-0.2, 0) is 9.47 Å². The summed E-state index contributed by atoms with van der Waals surface area (Å²) in [5.41, 5.74) is 5.44. The molecule has 0 bridgehead atoms. The Labute approximate surface area is 61.3 Å². The first-order valence-corrected chi connectivity index (χ1v) is 3.73. The Morgan fingerprint density at radius 3 is 2.60 bits per heavy atom. The molecule has 2 rings (SSSR count).